The van der Waals surface area contributed by atoms with Gasteiger partial charge >= 0.3 is 5.97 Å². The van der Waals surface area contributed by atoms with Gasteiger partial charge in [0.25, 0.3) is 0 Å². The molecule has 0 saturated heterocycles. The summed E-state index contributed by atoms with van der Waals surface area (Å²) in [5, 5.41) is 17.5. The zero-order valence-corrected chi connectivity index (χ0v) is 16.4. The van der Waals surface area contributed by atoms with Crippen molar-refractivity contribution in [2.75, 3.05) is 33.2 Å². The zero-order chi connectivity index (χ0) is 20.5. The molecule has 2 aromatic carbocycles. The van der Waals surface area contributed by atoms with Gasteiger partial charge in [0, 0.05) is 17.7 Å². The van der Waals surface area contributed by atoms with Crippen molar-refractivity contribution in [1.82, 2.24) is 9.78 Å². The predicted molar refractivity (Wildman–Crippen MR) is 108 cm³/mol. The Morgan fingerprint density at radius 3 is 2.45 bits per heavy atom. The maximum Gasteiger partial charge on any atom is 0.335 e. The van der Waals surface area contributed by atoms with Crippen molar-refractivity contribution >= 4 is 11.8 Å². The van der Waals surface area contributed by atoms with Crippen LogP contribution in [-0.2, 0) is 6.42 Å². The standard InChI is InChI=1S/C21H21N3O5/c1-27-16-10-13(11-17(28-2)19(16)29-3)18-15-7-8-22-20(15)24(23-18)14-6-4-5-12(9-14)21(25)26/h4-6,9-11,22H,7-8H2,1-3H3,(H,25,26). The van der Waals surface area contributed by atoms with Crippen LogP contribution in [0.2, 0.25) is 0 Å². The first-order chi connectivity index (χ1) is 14.1. The van der Waals surface area contributed by atoms with E-state index in [1.165, 1.54) is 0 Å². The molecule has 0 amide bonds. The zero-order valence-electron chi connectivity index (χ0n) is 16.4. The van der Waals surface area contributed by atoms with E-state index >= 15 is 0 Å². The van der Waals surface area contributed by atoms with Gasteiger partial charge in [-0.15, -0.1) is 0 Å². The van der Waals surface area contributed by atoms with E-state index in [0.29, 0.717) is 22.9 Å². The van der Waals surface area contributed by atoms with Gasteiger partial charge in [0.05, 0.1) is 38.3 Å². The van der Waals surface area contributed by atoms with E-state index in [-0.39, 0.29) is 5.56 Å². The second-order valence-corrected chi connectivity index (χ2v) is 6.53. The maximum atomic E-state index is 11.4. The molecule has 1 aliphatic heterocycles. The first-order valence-corrected chi connectivity index (χ1v) is 9.07. The average molecular weight is 395 g/mol. The Kier molecular flexibility index (Phi) is 4.75. The highest BCUT2D eigenvalue weighted by atomic mass is 16.5. The number of ether oxygens (including phenoxy) is 3. The number of methoxy groups -OCH3 is 3. The molecular weight excluding hydrogens is 374 g/mol. The summed E-state index contributed by atoms with van der Waals surface area (Å²) in [5.74, 6) is 1.49. The molecule has 0 atom stereocenters. The number of benzene rings is 2. The maximum absolute atomic E-state index is 11.4. The van der Waals surface area contributed by atoms with Gasteiger partial charge in [-0.05, 0) is 36.8 Å². The monoisotopic (exact) mass is 395 g/mol. The first kappa shape index (κ1) is 18.7. The number of aromatic nitrogens is 2. The van der Waals surface area contributed by atoms with Gasteiger partial charge in [-0.3, -0.25) is 0 Å². The van der Waals surface area contributed by atoms with Crippen molar-refractivity contribution in [3.05, 3.63) is 47.5 Å². The number of carbonyl (C=O) groups is 1. The number of hydrogen-bond acceptors (Lipinski definition) is 6. The topological polar surface area (TPSA) is 94.8 Å². The molecule has 4 rings (SSSR count). The molecule has 0 bridgehead atoms. The smallest absolute Gasteiger partial charge is 0.335 e. The fraction of sp³-hybridized carbons (Fsp3) is 0.238. The molecule has 0 spiro atoms. The normalized spacial score (nSPS) is 12.2. The summed E-state index contributed by atoms with van der Waals surface area (Å²) in [6.07, 6.45) is 0.806. The molecule has 8 nitrogen and oxygen atoms in total. The molecule has 0 aliphatic carbocycles. The highest BCUT2D eigenvalue weighted by molar-refractivity contribution is 5.88. The number of fused-ring (bicyclic) bond motifs is 1. The van der Waals surface area contributed by atoms with Crippen molar-refractivity contribution in [2.45, 2.75) is 6.42 Å². The lowest BCUT2D eigenvalue weighted by Gasteiger charge is -2.13. The lowest BCUT2D eigenvalue weighted by atomic mass is 10.1. The van der Waals surface area contributed by atoms with Crippen LogP contribution in [-0.4, -0.2) is 48.7 Å². The number of nitrogens with zero attached hydrogens (tertiary/aromatic N) is 2. The summed E-state index contributed by atoms with van der Waals surface area (Å²) in [7, 11) is 4.71. The van der Waals surface area contributed by atoms with Crippen LogP contribution in [0.15, 0.2) is 36.4 Å². The van der Waals surface area contributed by atoms with Crippen LogP contribution in [0.1, 0.15) is 15.9 Å². The average Bonchev–Trinajstić information content (AvgIpc) is 3.35. The quantitative estimate of drug-likeness (QED) is 0.662. The Morgan fingerprint density at radius 1 is 1.10 bits per heavy atom. The van der Waals surface area contributed by atoms with Crippen LogP contribution < -0.4 is 19.5 Å². The Balaban J connectivity index is 1.88. The Bertz CT molecular complexity index is 1060. The van der Waals surface area contributed by atoms with Crippen LogP contribution in [0.4, 0.5) is 5.82 Å². The molecule has 2 N–H and O–H groups in total. The van der Waals surface area contributed by atoms with E-state index in [0.717, 1.165) is 35.6 Å². The third kappa shape index (κ3) is 3.12. The Morgan fingerprint density at radius 2 is 1.83 bits per heavy atom. The minimum absolute atomic E-state index is 0.207. The van der Waals surface area contributed by atoms with E-state index in [2.05, 4.69) is 5.32 Å². The van der Waals surface area contributed by atoms with E-state index in [1.54, 1.807) is 44.2 Å². The number of carboxylic acid groups (broad SMARTS) is 1. The molecule has 2 heterocycles. The van der Waals surface area contributed by atoms with E-state index < -0.39 is 5.97 Å². The molecule has 1 aromatic heterocycles. The third-order valence-electron chi connectivity index (χ3n) is 4.93. The van der Waals surface area contributed by atoms with Gasteiger partial charge in [-0.2, -0.15) is 5.10 Å². The molecular formula is C21H21N3O5. The lowest BCUT2D eigenvalue weighted by molar-refractivity contribution is 0.0697. The summed E-state index contributed by atoms with van der Waals surface area (Å²) in [5.41, 5.74) is 3.55. The van der Waals surface area contributed by atoms with E-state index in [9.17, 15) is 9.90 Å². The molecule has 8 heteroatoms. The van der Waals surface area contributed by atoms with Gasteiger partial charge in [0.1, 0.15) is 5.82 Å². The second kappa shape index (κ2) is 7.38. The highest BCUT2D eigenvalue weighted by Crippen LogP contribution is 2.43. The molecule has 0 fully saturated rings. The van der Waals surface area contributed by atoms with Gasteiger partial charge < -0.3 is 24.6 Å². The molecule has 1 aliphatic rings. The largest absolute Gasteiger partial charge is 0.493 e. The predicted octanol–water partition coefficient (Wildman–Crippen LogP) is 3.23. The molecule has 3 aromatic rings. The number of carboxylic acids is 1. The van der Waals surface area contributed by atoms with E-state index in [4.69, 9.17) is 19.3 Å². The molecule has 0 radical (unpaired) electrons. The Hall–Kier alpha value is -3.68. The fourth-order valence-corrected chi connectivity index (χ4v) is 3.58. The summed E-state index contributed by atoms with van der Waals surface area (Å²) < 4.78 is 18.1. The molecule has 0 saturated carbocycles. The Labute approximate surface area is 167 Å². The molecule has 29 heavy (non-hydrogen) atoms. The van der Waals surface area contributed by atoms with Gasteiger partial charge in [0.2, 0.25) is 5.75 Å². The van der Waals surface area contributed by atoms with Gasteiger partial charge in [-0.25, -0.2) is 9.48 Å². The van der Waals surface area contributed by atoms with Gasteiger partial charge in [0.15, 0.2) is 11.5 Å². The SMILES string of the molecule is COc1cc(-c2nn(-c3cccc(C(=O)O)c3)c3c2CCN3)cc(OC)c1OC. The molecule has 150 valence electrons. The number of anilines is 1. The lowest BCUT2D eigenvalue weighted by Crippen LogP contribution is -2.06. The second-order valence-electron chi connectivity index (χ2n) is 6.53. The number of aromatic carboxylic acids is 1. The first-order valence-electron chi connectivity index (χ1n) is 9.07. The van der Waals surface area contributed by atoms with Crippen molar-refractivity contribution < 1.29 is 24.1 Å². The summed E-state index contributed by atoms with van der Waals surface area (Å²) in [4.78, 5) is 11.4. The number of nitrogens with one attached hydrogen (secondary N) is 1. The van der Waals surface area contributed by atoms with Crippen LogP contribution in [0.5, 0.6) is 17.2 Å². The van der Waals surface area contributed by atoms with Gasteiger partial charge in [-0.1, -0.05) is 6.07 Å². The van der Waals surface area contributed by atoms with Crippen molar-refractivity contribution in [1.29, 1.82) is 0 Å². The minimum Gasteiger partial charge on any atom is -0.493 e. The van der Waals surface area contributed by atoms with Crippen LogP contribution in [0, 0.1) is 0 Å². The van der Waals surface area contributed by atoms with Crippen molar-refractivity contribution in [3.8, 4) is 34.2 Å². The van der Waals surface area contributed by atoms with Crippen LogP contribution in [0.25, 0.3) is 16.9 Å². The van der Waals surface area contributed by atoms with Crippen LogP contribution in [0.3, 0.4) is 0 Å². The van der Waals surface area contributed by atoms with Crippen molar-refractivity contribution in [3.63, 3.8) is 0 Å². The summed E-state index contributed by atoms with van der Waals surface area (Å²) in [6, 6.07) is 10.4. The number of rotatable bonds is 6. The molecule has 0 unspecified atom stereocenters. The highest BCUT2D eigenvalue weighted by Gasteiger charge is 2.26. The minimum atomic E-state index is -0.978. The fourth-order valence-electron chi connectivity index (χ4n) is 3.58. The van der Waals surface area contributed by atoms with E-state index in [1.807, 2.05) is 18.2 Å². The third-order valence-corrected chi connectivity index (χ3v) is 4.93. The van der Waals surface area contributed by atoms with Crippen molar-refractivity contribution in [2.24, 2.45) is 0 Å². The number of hydrogen-bond donors (Lipinski definition) is 2. The summed E-state index contributed by atoms with van der Waals surface area (Å²) in [6.45, 7) is 0.781. The summed E-state index contributed by atoms with van der Waals surface area (Å²) >= 11 is 0. The van der Waals surface area contributed by atoms with Crippen LogP contribution >= 0.6 is 0 Å².